The van der Waals surface area contributed by atoms with Crippen molar-refractivity contribution in [3.8, 4) is 11.5 Å². The van der Waals surface area contributed by atoms with Gasteiger partial charge < -0.3 is 9.47 Å². The molecule has 0 saturated carbocycles. The molecular formula is C19H18N4O2. The highest BCUT2D eigenvalue weighted by Gasteiger charge is 2.24. The first-order valence-electron chi connectivity index (χ1n) is 7.95. The summed E-state index contributed by atoms with van der Waals surface area (Å²) in [7, 11) is 3.36. The number of aromatic nitrogens is 4. The van der Waals surface area contributed by atoms with Crippen LogP contribution in [-0.4, -0.2) is 33.8 Å². The Morgan fingerprint density at radius 2 is 1.48 bits per heavy atom. The molecule has 0 bridgehead atoms. The average Bonchev–Trinajstić information content (AvgIpc) is 3.36. The first-order valence-corrected chi connectivity index (χ1v) is 7.95. The molecule has 25 heavy (non-hydrogen) atoms. The SMILES string of the molecule is COc1cc(C(n2cccn2)n2cccn2)c(OC)c2ccccc12. The maximum atomic E-state index is 5.80. The lowest BCUT2D eigenvalue weighted by Crippen LogP contribution is -2.21. The Morgan fingerprint density at radius 3 is 2.00 bits per heavy atom. The number of ether oxygens (including phenoxy) is 2. The second-order valence-electron chi connectivity index (χ2n) is 5.59. The van der Waals surface area contributed by atoms with Crippen LogP contribution in [-0.2, 0) is 0 Å². The van der Waals surface area contributed by atoms with Gasteiger partial charge in [0.15, 0.2) is 6.17 Å². The summed E-state index contributed by atoms with van der Waals surface area (Å²) < 4.78 is 15.1. The summed E-state index contributed by atoms with van der Waals surface area (Å²) >= 11 is 0. The van der Waals surface area contributed by atoms with E-state index >= 15 is 0 Å². The Morgan fingerprint density at radius 1 is 0.840 bits per heavy atom. The first-order chi connectivity index (χ1) is 12.3. The molecule has 6 heteroatoms. The Labute approximate surface area is 145 Å². The number of rotatable bonds is 5. The number of hydrogen-bond acceptors (Lipinski definition) is 4. The lowest BCUT2D eigenvalue weighted by Gasteiger charge is -2.23. The minimum Gasteiger partial charge on any atom is -0.496 e. The van der Waals surface area contributed by atoms with Crippen LogP contribution >= 0.6 is 0 Å². The lowest BCUT2D eigenvalue weighted by molar-refractivity contribution is 0.371. The molecule has 0 unspecified atom stereocenters. The monoisotopic (exact) mass is 334 g/mol. The van der Waals surface area contributed by atoms with Crippen LogP contribution in [0.4, 0.5) is 0 Å². The minimum absolute atomic E-state index is 0.279. The van der Waals surface area contributed by atoms with Crippen LogP contribution in [0.1, 0.15) is 11.7 Å². The standard InChI is InChI=1S/C19H18N4O2/c1-24-17-13-16(18(25-2)15-8-4-3-7-14(15)17)19(22-11-5-9-20-22)23-12-6-10-21-23/h3-13,19H,1-2H3. The second kappa shape index (κ2) is 6.32. The highest BCUT2D eigenvalue weighted by molar-refractivity contribution is 5.94. The zero-order chi connectivity index (χ0) is 17.2. The van der Waals surface area contributed by atoms with Crippen molar-refractivity contribution in [2.75, 3.05) is 14.2 Å². The molecule has 126 valence electrons. The van der Waals surface area contributed by atoms with Gasteiger partial charge in [0.05, 0.1) is 14.2 Å². The smallest absolute Gasteiger partial charge is 0.172 e. The van der Waals surface area contributed by atoms with E-state index in [2.05, 4.69) is 10.2 Å². The van der Waals surface area contributed by atoms with Crippen LogP contribution in [0.15, 0.2) is 67.3 Å². The van der Waals surface area contributed by atoms with E-state index in [1.807, 2.05) is 64.2 Å². The van der Waals surface area contributed by atoms with E-state index < -0.39 is 0 Å². The Kier molecular flexibility index (Phi) is 3.85. The quantitative estimate of drug-likeness (QED) is 0.562. The number of benzene rings is 2. The molecule has 0 atom stereocenters. The largest absolute Gasteiger partial charge is 0.496 e. The molecule has 0 saturated heterocycles. The van der Waals surface area contributed by atoms with E-state index in [4.69, 9.17) is 9.47 Å². The molecule has 0 N–H and O–H groups in total. The molecule has 0 radical (unpaired) electrons. The molecule has 4 rings (SSSR count). The minimum atomic E-state index is -0.279. The molecule has 0 amide bonds. The second-order valence-corrected chi connectivity index (χ2v) is 5.59. The van der Waals surface area contributed by atoms with Crippen LogP contribution in [0.25, 0.3) is 10.8 Å². The van der Waals surface area contributed by atoms with Gasteiger partial charge in [0.1, 0.15) is 11.5 Å². The number of fused-ring (bicyclic) bond motifs is 1. The van der Waals surface area contributed by atoms with Crippen molar-refractivity contribution in [1.29, 1.82) is 0 Å². The van der Waals surface area contributed by atoms with Gasteiger partial charge in [-0.1, -0.05) is 24.3 Å². The van der Waals surface area contributed by atoms with E-state index in [0.717, 1.165) is 27.8 Å². The fourth-order valence-electron chi connectivity index (χ4n) is 3.18. The normalized spacial score (nSPS) is 11.2. The average molecular weight is 334 g/mol. The van der Waals surface area contributed by atoms with Gasteiger partial charge in [0.2, 0.25) is 0 Å². The molecular weight excluding hydrogens is 316 g/mol. The summed E-state index contributed by atoms with van der Waals surface area (Å²) in [6, 6.07) is 13.8. The van der Waals surface area contributed by atoms with E-state index in [9.17, 15) is 0 Å². The molecule has 2 aromatic carbocycles. The third-order valence-electron chi connectivity index (χ3n) is 4.24. The van der Waals surface area contributed by atoms with Crippen molar-refractivity contribution in [2.24, 2.45) is 0 Å². The fraction of sp³-hybridized carbons (Fsp3) is 0.158. The van der Waals surface area contributed by atoms with Gasteiger partial charge in [-0.2, -0.15) is 10.2 Å². The van der Waals surface area contributed by atoms with Crippen LogP contribution in [0.5, 0.6) is 11.5 Å². The highest BCUT2D eigenvalue weighted by Crippen LogP contribution is 2.40. The molecule has 6 nitrogen and oxygen atoms in total. The zero-order valence-corrected chi connectivity index (χ0v) is 14.0. The van der Waals surface area contributed by atoms with Crippen molar-refractivity contribution in [3.63, 3.8) is 0 Å². The van der Waals surface area contributed by atoms with Crippen molar-refractivity contribution in [3.05, 3.63) is 72.8 Å². The predicted octanol–water partition coefficient (Wildman–Crippen LogP) is 3.35. The van der Waals surface area contributed by atoms with Gasteiger partial charge in [-0.3, -0.25) is 0 Å². The fourth-order valence-corrected chi connectivity index (χ4v) is 3.18. The molecule has 0 aliphatic carbocycles. The lowest BCUT2D eigenvalue weighted by atomic mass is 10.0. The van der Waals surface area contributed by atoms with Crippen LogP contribution in [0.2, 0.25) is 0 Å². The zero-order valence-electron chi connectivity index (χ0n) is 14.0. The summed E-state index contributed by atoms with van der Waals surface area (Å²) in [4.78, 5) is 0. The number of methoxy groups -OCH3 is 2. The van der Waals surface area contributed by atoms with E-state index in [0.29, 0.717) is 0 Å². The third-order valence-corrected chi connectivity index (χ3v) is 4.24. The Bertz CT molecular complexity index is 944. The maximum Gasteiger partial charge on any atom is 0.172 e. The van der Waals surface area contributed by atoms with Crippen LogP contribution < -0.4 is 9.47 Å². The molecule has 4 aromatic rings. The topological polar surface area (TPSA) is 54.1 Å². The van der Waals surface area contributed by atoms with Gasteiger partial charge >= 0.3 is 0 Å². The highest BCUT2D eigenvalue weighted by atomic mass is 16.5. The van der Waals surface area contributed by atoms with Gasteiger partial charge in [0.25, 0.3) is 0 Å². The molecule has 0 spiro atoms. The van der Waals surface area contributed by atoms with Crippen LogP contribution in [0.3, 0.4) is 0 Å². The molecule has 0 aliphatic heterocycles. The van der Waals surface area contributed by atoms with Crippen molar-refractivity contribution >= 4 is 10.8 Å². The first kappa shape index (κ1) is 15.3. The third kappa shape index (κ3) is 2.52. The van der Waals surface area contributed by atoms with E-state index in [1.165, 1.54) is 0 Å². The summed E-state index contributed by atoms with van der Waals surface area (Å²) in [5.41, 5.74) is 0.922. The molecule has 2 heterocycles. The van der Waals surface area contributed by atoms with Gasteiger partial charge in [0, 0.05) is 41.1 Å². The van der Waals surface area contributed by atoms with Crippen LogP contribution in [0, 0.1) is 0 Å². The summed E-state index contributed by atoms with van der Waals surface area (Å²) in [6.07, 6.45) is 7.04. The summed E-state index contributed by atoms with van der Waals surface area (Å²) in [5.74, 6) is 1.57. The van der Waals surface area contributed by atoms with Crippen molar-refractivity contribution in [2.45, 2.75) is 6.17 Å². The van der Waals surface area contributed by atoms with Gasteiger partial charge in [-0.15, -0.1) is 0 Å². The van der Waals surface area contributed by atoms with E-state index in [-0.39, 0.29) is 6.17 Å². The van der Waals surface area contributed by atoms with Crippen molar-refractivity contribution in [1.82, 2.24) is 19.6 Å². The Hall–Kier alpha value is -3.28. The van der Waals surface area contributed by atoms with Gasteiger partial charge in [-0.05, 0) is 18.2 Å². The van der Waals surface area contributed by atoms with E-state index in [1.54, 1.807) is 26.6 Å². The van der Waals surface area contributed by atoms with Gasteiger partial charge in [-0.25, -0.2) is 9.36 Å². The maximum absolute atomic E-state index is 5.80. The molecule has 0 aliphatic rings. The Balaban J connectivity index is 2.04. The summed E-state index contributed by atoms with van der Waals surface area (Å²) in [6.45, 7) is 0. The summed E-state index contributed by atoms with van der Waals surface area (Å²) in [5, 5.41) is 10.8. The predicted molar refractivity (Wildman–Crippen MR) is 95.0 cm³/mol. The molecule has 2 aromatic heterocycles. The number of hydrogen-bond donors (Lipinski definition) is 0. The molecule has 0 fully saturated rings. The van der Waals surface area contributed by atoms with Crippen molar-refractivity contribution < 1.29 is 9.47 Å². The number of nitrogens with zero attached hydrogens (tertiary/aromatic N) is 4.